The number of benzene rings is 1. The molecule has 118 valence electrons. The third-order valence-corrected chi connectivity index (χ3v) is 4.19. The van der Waals surface area contributed by atoms with E-state index in [1.54, 1.807) is 24.3 Å². The van der Waals surface area contributed by atoms with Gasteiger partial charge in [0.25, 0.3) is 0 Å². The summed E-state index contributed by atoms with van der Waals surface area (Å²) in [5.41, 5.74) is 1.04. The van der Waals surface area contributed by atoms with Crippen LogP contribution in [0, 0.1) is 11.8 Å². The number of aliphatic hydroxyl groups is 1. The first-order valence-corrected chi connectivity index (χ1v) is 7.54. The van der Waals surface area contributed by atoms with Gasteiger partial charge in [-0.05, 0) is 48.9 Å². The molecule has 0 aliphatic heterocycles. The van der Waals surface area contributed by atoms with E-state index < -0.39 is 6.61 Å². The third kappa shape index (κ3) is 5.25. The van der Waals surface area contributed by atoms with E-state index in [0.29, 0.717) is 18.4 Å². The number of hydrogen-bond donors (Lipinski definition) is 2. The number of ether oxygens (including phenoxy) is 1. The van der Waals surface area contributed by atoms with Gasteiger partial charge in [-0.15, -0.1) is 0 Å². The van der Waals surface area contributed by atoms with Gasteiger partial charge >= 0.3 is 6.61 Å². The second-order valence-corrected chi connectivity index (χ2v) is 5.64. The highest BCUT2D eigenvalue weighted by atomic mass is 19.3. The first-order chi connectivity index (χ1) is 10.2. The molecule has 2 rings (SSSR count). The van der Waals surface area contributed by atoms with Crippen molar-refractivity contribution in [1.82, 2.24) is 5.32 Å². The first kappa shape index (κ1) is 16.2. The van der Waals surface area contributed by atoms with Gasteiger partial charge in [0.2, 0.25) is 0 Å². The minimum Gasteiger partial charge on any atom is -0.435 e. The van der Waals surface area contributed by atoms with Crippen molar-refractivity contribution >= 4 is 0 Å². The fourth-order valence-corrected chi connectivity index (χ4v) is 2.98. The van der Waals surface area contributed by atoms with Gasteiger partial charge in [0, 0.05) is 13.2 Å². The maximum atomic E-state index is 12.0. The Labute approximate surface area is 124 Å². The normalized spacial score (nSPS) is 22.5. The Morgan fingerprint density at radius 1 is 1.14 bits per heavy atom. The Balaban J connectivity index is 1.75. The van der Waals surface area contributed by atoms with E-state index in [1.165, 1.54) is 19.3 Å². The molecule has 0 spiro atoms. The van der Waals surface area contributed by atoms with Gasteiger partial charge in [-0.2, -0.15) is 8.78 Å². The Morgan fingerprint density at radius 2 is 1.81 bits per heavy atom. The van der Waals surface area contributed by atoms with E-state index in [1.807, 2.05) is 0 Å². The smallest absolute Gasteiger partial charge is 0.387 e. The van der Waals surface area contributed by atoms with Gasteiger partial charge in [-0.25, -0.2) is 0 Å². The largest absolute Gasteiger partial charge is 0.435 e. The highest BCUT2D eigenvalue weighted by molar-refractivity contribution is 5.27. The summed E-state index contributed by atoms with van der Waals surface area (Å²) in [7, 11) is 0. The van der Waals surface area contributed by atoms with Crippen LogP contribution in [0.5, 0.6) is 5.75 Å². The van der Waals surface area contributed by atoms with Crippen molar-refractivity contribution in [3.63, 3.8) is 0 Å². The lowest BCUT2D eigenvalue weighted by molar-refractivity contribution is -0.0498. The summed E-state index contributed by atoms with van der Waals surface area (Å²) in [4.78, 5) is 0. The molecular weight excluding hydrogens is 276 g/mol. The summed E-state index contributed by atoms with van der Waals surface area (Å²) in [5, 5.41) is 12.8. The number of alkyl halides is 2. The lowest BCUT2D eigenvalue weighted by Gasteiger charge is -2.30. The summed E-state index contributed by atoms with van der Waals surface area (Å²) in [6.45, 7) is -0.924. The van der Waals surface area contributed by atoms with Gasteiger partial charge < -0.3 is 15.2 Å². The third-order valence-electron chi connectivity index (χ3n) is 4.19. The maximum absolute atomic E-state index is 12.0. The minimum atomic E-state index is -2.78. The summed E-state index contributed by atoms with van der Waals surface area (Å²) in [5.74, 6) is 1.12. The second-order valence-electron chi connectivity index (χ2n) is 5.64. The molecule has 0 radical (unpaired) electrons. The molecule has 1 aromatic rings. The van der Waals surface area contributed by atoms with E-state index >= 15 is 0 Å². The molecule has 1 aromatic carbocycles. The van der Waals surface area contributed by atoms with Crippen molar-refractivity contribution in [2.45, 2.75) is 38.8 Å². The molecule has 0 amide bonds. The van der Waals surface area contributed by atoms with Crippen LogP contribution < -0.4 is 10.1 Å². The van der Waals surface area contributed by atoms with Crippen LogP contribution in [-0.4, -0.2) is 24.9 Å². The molecule has 2 N–H and O–H groups in total. The second kappa shape index (κ2) is 8.29. The Hall–Kier alpha value is -1.20. The summed E-state index contributed by atoms with van der Waals surface area (Å²) < 4.78 is 28.4. The molecule has 0 aromatic heterocycles. The zero-order valence-electron chi connectivity index (χ0n) is 12.1. The molecule has 3 nitrogen and oxygen atoms in total. The number of nitrogens with one attached hydrogen (secondary N) is 1. The van der Waals surface area contributed by atoms with Gasteiger partial charge in [-0.3, -0.25) is 0 Å². The van der Waals surface area contributed by atoms with Crippen LogP contribution in [0.2, 0.25) is 0 Å². The monoisotopic (exact) mass is 299 g/mol. The molecule has 0 bridgehead atoms. The molecule has 2 atom stereocenters. The molecule has 21 heavy (non-hydrogen) atoms. The van der Waals surface area contributed by atoms with Crippen molar-refractivity contribution in [2.24, 2.45) is 11.8 Å². The molecular formula is C16H23F2NO2. The zero-order chi connectivity index (χ0) is 15.1. The fraction of sp³-hybridized carbons (Fsp3) is 0.625. The van der Waals surface area contributed by atoms with Crippen molar-refractivity contribution in [3.05, 3.63) is 29.8 Å². The van der Waals surface area contributed by atoms with Crippen LogP contribution >= 0.6 is 0 Å². The van der Waals surface area contributed by atoms with Crippen molar-refractivity contribution in [1.29, 1.82) is 0 Å². The van der Waals surface area contributed by atoms with Crippen LogP contribution in [0.25, 0.3) is 0 Å². The van der Waals surface area contributed by atoms with Crippen LogP contribution in [0.3, 0.4) is 0 Å². The van der Waals surface area contributed by atoms with E-state index in [4.69, 9.17) is 0 Å². The summed E-state index contributed by atoms with van der Waals surface area (Å²) in [6.07, 6.45) is 4.73. The first-order valence-electron chi connectivity index (χ1n) is 7.54. The average Bonchev–Trinajstić information content (AvgIpc) is 2.49. The van der Waals surface area contributed by atoms with E-state index in [-0.39, 0.29) is 12.4 Å². The van der Waals surface area contributed by atoms with Crippen LogP contribution in [0.4, 0.5) is 8.78 Å². The fourth-order valence-electron chi connectivity index (χ4n) is 2.98. The highest BCUT2D eigenvalue weighted by Crippen LogP contribution is 2.29. The topological polar surface area (TPSA) is 41.5 Å². The zero-order valence-corrected chi connectivity index (χ0v) is 12.1. The number of aliphatic hydroxyl groups excluding tert-OH is 1. The molecule has 1 fully saturated rings. The van der Waals surface area contributed by atoms with Crippen molar-refractivity contribution in [2.75, 3.05) is 13.2 Å². The minimum absolute atomic E-state index is 0.182. The van der Waals surface area contributed by atoms with Gasteiger partial charge in [0.1, 0.15) is 5.75 Å². The highest BCUT2D eigenvalue weighted by Gasteiger charge is 2.23. The van der Waals surface area contributed by atoms with E-state index in [9.17, 15) is 13.9 Å². The van der Waals surface area contributed by atoms with Crippen molar-refractivity contribution in [3.8, 4) is 5.75 Å². The van der Waals surface area contributed by atoms with Gasteiger partial charge in [-0.1, -0.05) is 25.0 Å². The molecule has 2 unspecified atom stereocenters. The Morgan fingerprint density at radius 3 is 2.43 bits per heavy atom. The van der Waals surface area contributed by atoms with E-state index in [0.717, 1.165) is 18.5 Å². The number of hydrogen-bond acceptors (Lipinski definition) is 3. The predicted octanol–water partition coefficient (Wildman–Crippen LogP) is 3.18. The average molecular weight is 299 g/mol. The van der Waals surface area contributed by atoms with Gasteiger partial charge in [0.15, 0.2) is 0 Å². The van der Waals surface area contributed by atoms with Gasteiger partial charge in [0.05, 0.1) is 0 Å². The maximum Gasteiger partial charge on any atom is 0.387 e. The molecule has 0 heterocycles. The lowest BCUT2D eigenvalue weighted by atomic mass is 9.79. The molecule has 1 saturated carbocycles. The Kier molecular flexibility index (Phi) is 6.39. The Bertz CT molecular complexity index is 411. The molecule has 1 aliphatic carbocycles. The summed E-state index contributed by atoms with van der Waals surface area (Å²) in [6, 6.07) is 6.69. The molecule has 1 aliphatic rings. The molecule has 5 heteroatoms. The van der Waals surface area contributed by atoms with E-state index in [2.05, 4.69) is 10.1 Å². The van der Waals surface area contributed by atoms with Crippen molar-refractivity contribution < 1.29 is 18.6 Å². The summed E-state index contributed by atoms with van der Waals surface area (Å²) >= 11 is 0. The number of halogens is 2. The predicted molar refractivity (Wildman–Crippen MR) is 77.3 cm³/mol. The number of rotatable bonds is 7. The quantitative estimate of drug-likeness (QED) is 0.812. The lowest BCUT2D eigenvalue weighted by Crippen LogP contribution is -2.32. The standard InChI is InChI=1S/C16H23F2NO2/c17-16(18)21-15-7-5-12(6-8-15)9-19-10-13-3-1-2-4-14(13)11-20/h5-8,13-14,16,19-20H,1-4,9-11H2. The van der Waals surface area contributed by atoms with Crippen LogP contribution in [0.1, 0.15) is 31.2 Å². The van der Waals surface area contributed by atoms with Crippen LogP contribution in [-0.2, 0) is 6.54 Å². The van der Waals surface area contributed by atoms with Crippen LogP contribution in [0.15, 0.2) is 24.3 Å². The molecule has 0 saturated heterocycles. The SMILES string of the molecule is OCC1CCCCC1CNCc1ccc(OC(F)F)cc1.